The van der Waals surface area contributed by atoms with Crippen LogP contribution in [0.25, 0.3) is 5.69 Å². The minimum atomic E-state index is -3.16. The number of carbonyl (C=O) groups is 1. The molecule has 1 aliphatic heterocycles. The zero-order valence-electron chi connectivity index (χ0n) is 16.1. The Balaban J connectivity index is 1.48. The van der Waals surface area contributed by atoms with Gasteiger partial charge >= 0.3 is 0 Å². The number of aromatic nitrogens is 2. The van der Waals surface area contributed by atoms with E-state index in [-0.39, 0.29) is 17.7 Å². The Labute approximate surface area is 165 Å². The van der Waals surface area contributed by atoms with E-state index in [0.29, 0.717) is 31.6 Å². The molecule has 1 aromatic heterocycles. The zero-order valence-corrected chi connectivity index (χ0v) is 16.9. The lowest BCUT2D eigenvalue weighted by Crippen LogP contribution is -2.47. The second-order valence-corrected chi connectivity index (χ2v) is 9.68. The highest BCUT2D eigenvalue weighted by Crippen LogP contribution is 2.28. The highest BCUT2D eigenvalue weighted by Gasteiger charge is 2.30. The SMILES string of the molecule is CCS(=O)(=O)N1CCC(NC(=O)c2nn(-c3ccccc3)c3c2CCC3)CC1. The summed E-state index contributed by atoms with van der Waals surface area (Å²) in [5.74, 6) is -0.0304. The molecule has 0 radical (unpaired) electrons. The molecule has 0 unspecified atom stereocenters. The Bertz CT molecular complexity index is 961. The summed E-state index contributed by atoms with van der Waals surface area (Å²) < 4.78 is 27.4. The molecule has 1 aliphatic carbocycles. The number of hydrogen-bond donors (Lipinski definition) is 1. The van der Waals surface area contributed by atoms with Crippen LogP contribution in [0.4, 0.5) is 0 Å². The van der Waals surface area contributed by atoms with E-state index in [1.54, 1.807) is 6.92 Å². The van der Waals surface area contributed by atoms with Gasteiger partial charge in [-0.3, -0.25) is 4.79 Å². The van der Waals surface area contributed by atoms with Crippen molar-refractivity contribution < 1.29 is 13.2 Å². The van der Waals surface area contributed by atoms with E-state index < -0.39 is 10.0 Å². The van der Waals surface area contributed by atoms with Crippen LogP contribution >= 0.6 is 0 Å². The average molecular weight is 403 g/mol. The first-order valence-corrected chi connectivity index (χ1v) is 11.6. The lowest BCUT2D eigenvalue weighted by Gasteiger charge is -2.31. The Morgan fingerprint density at radius 2 is 1.89 bits per heavy atom. The zero-order chi connectivity index (χ0) is 19.7. The van der Waals surface area contributed by atoms with Crippen LogP contribution < -0.4 is 5.32 Å². The minimum absolute atomic E-state index is 0.0188. The highest BCUT2D eigenvalue weighted by molar-refractivity contribution is 7.89. The van der Waals surface area contributed by atoms with Crippen molar-refractivity contribution in [3.63, 3.8) is 0 Å². The van der Waals surface area contributed by atoms with Gasteiger partial charge in [0.25, 0.3) is 5.91 Å². The summed E-state index contributed by atoms with van der Waals surface area (Å²) in [5, 5.41) is 7.72. The predicted octanol–water partition coefficient (Wildman–Crippen LogP) is 1.90. The molecule has 1 fully saturated rings. The van der Waals surface area contributed by atoms with E-state index in [0.717, 1.165) is 36.2 Å². The van der Waals surface area contributed by atoms with E-state index in [1.165, 1.54) is 4.31 Å². The van der Waals surface area contributed by atoms with Crippen LogP contribution in [0.15, 0.2) is 30.3 Å². The topological polar surface area (TPSA) is 84.3 Å². The van der Waals surface area contributed by atoms with Crippen molar-refractivity contribution in [3.05, 3.63) is 47.3 Å². The molecule has 28 heavy (non-hydrogen) atoms. The largest absolute Gasteiger partial charge is 0.348 e. The van der Waals surface area contributed by atoms with Crippen LogP contribution in [-0.4, -0.2) is 53.3 Å². The number of sulfonamides is 1. The summed E-state index contributed by atoms with van der Waals surface area (Å²) in [4.78, 5) is 12.9. The Morgan fingerprint density at radius 3 is 2.57 bits per heavy atom. The van der Waals surface area contributed by atoms with Crippen molar-refractivity contribution in [1.82, 2.24) is 19.4 Å². The number of benzene rings is 1. The average Bonchev–Trinajstić information content (AvgIpc) is 3.31. The van der Waals surface area contributed by atoms with E-state index in [2.05, 4.69) is 10.4 Å². The molecular formula is C20H26N4O3S. The third kappa shape index (κ3) is 3.58. The van der Waals surface area contributed by atoms with E-state index in [1.807, 2.05) is 35.0 Å². The van der Waals surface area contributed by atoms with E-state index in [9.17, 15) is 13.2 Å². The third-order valence-electron chi connectivity index (χ3n) is 5.69. The summed E-state index contributed by atoms with van der Waals surface area (Å²) in [7, 11) is -3.16. The standard InChI is InChI=1S/C20H26N4O3S/c1-2-28(26,27)23-13-11-15(12-14-23)21-20(25)19-17-9-6-10-18(17)24(22-19)16-7-4-3-5-8-16/h3-5,7-8,15H,2,6,9-14H2,1H3,(H,21,25). The van der Waals surface area contributed by atoms with Gasteiger partial charge in [-0.2, -0.15) is 5.10 Å². The number of para-hydroxylation sites is 1. The molecule has 1 aromatic carbocycles. The molecular weight excluding hydrogens is 376 g/mol. The molecule has 0 saturated carbocycles. The number of fused-ring (bicyclic) bond motifs is 1. The molecule has 7 nitrogen and oxygen atoms in total. The molecule has 150 valence electrons. The molecule has 8 heteroatoms. The summed E-state index contributed by atoms with van der Waals surface area (Å²) in [6.07, 6.45) is 4.10. The van der Waals surface area contributed by atoms with Crippen molar-refractivity contribution in [2.24, 2.45) is 0 Å². The maximum atomic E-state index is 12.9. The van der Waals surface area contributed by atoms with Gasteiger partial charge in [0, 0.05) is 30.4 Å². The van der Waals surface area contributed by atoms with Crippen molar-refractivity contribution in [2.45, 2.75) is 45.1 Å². The van der Waals surface area contributed by atoms with E-state index in [4.69, 9.17) is 0 Å². The van der Waals surface area contributed by atoms with Gasteiger partial charge in [0.15, 0.2) is 5.69 Å². The lowest BCUT2D eigenvalue weighted by atomic mass is 10.1. The molecule has 1 saturated heterocycles. The number of amides is 1. The van der Waals surface area contributed by atoms with Crippen LogP contribution in [0.1, 0.15) is 47.9 Å². The molecule has 2 aromatic rings. The van der Waals surface area contributed by atoms with Crippen molar-refractivity contribution in [3.8, 4) is 5.69 Å². The van der Waals surface area contributed by atoms with Gasteiger partial charge in [-0.25, -0.2) is 17.4 Å². The molecule has 0 atom stereocenters. The number of piperidine rings is 1. The second kappa shape index (κ2) is 7.67. The number of nitrogens with one attached hydrogen (secondary N) is 1. The normalized spacial score (nSPS) is 18.2. The molecule has 0 spiro atoms. The third-order valence-corrected chi connectivity index (χ3v) is 7.57. The first-order chi connectivity index (χ1) is 13.5. The fourth-order valence-corrected chi connectivity index (χ4v) is 5.25. The van der Waals surface area contributed by atoms with E-state index >= 15 is 0 Å². The Kier molecular flexibility index (Phi) is 5.25. The fraction of sp³-hybridized carbons (Fsp3) is 0.500. The molecule has 2 heterocycles. The van der Waals surface area contributed by atoms with Crippen LogP contribution in [0, 0.1) is 0 Å². The number of nitrogens with zero attached hydrogens (tertiary/aromatic N) is 3. The van der Waals surface area contributed by atoms with Gasteiger partial charge < -0.3 is 5.32 Å². The summed E-state index contributed by atoms with van der Waals surface area (Å²) in [6.45, 7) is 2.57. The fourth-order valence-electron chi connectivity index (χ4n) is 4.12. The van der Waals surface area contributed by atoms with Gasteiger partial charge in [0.2, 0.25) is 10.0 Å². The summed E-state index contributed by atoms with van der Waals surface area (Å²) in [6, 6.07) is 9.88. The van der Waals surface area contributed by atoms with Gasteiger partial charge in [-0.05, 0) is 51.2 Å². The van der Waals surface area contributed by atoms with Gasteiger partial charge in [-0.15, -0.1) is 0 Å². The molecule has 1 N–H and O–H groups in total. The number of rotatable bonds is 5. The van der Waals surface area contributed by atoms with Gasteiger partial charge in [0.05, 0.1) is 11.4 Å². The first kappa shape index (κ1) is 19.1. The smallest absolute Gasteiger partial charge is 0.272 e. The Morgan fingerprint density at radius 1 is 1.18 bits per heavy atom. The Hall–Kier alpha value is -2.19. The molecule has 1 amide bonds. The minimum Gasteiger partial charge on any atom is -0.348 e. The summed E-state index contributed by atoms with van der Waals surface area (Å²) in [5.41, 5.74) is 3.66. The lowest BCUT2D eigenvalue weighted by molar-refractivity contribution is 0.0917. The predicted molar refractivity (Wildman–Crippen MR) is 107 cm³/mol. The maximum absolute atomic E-state index is 12.9. The van der Waals surface area contributed by atoms with Gasteiger partial charge in [-0.1, -0.05) is 18.2 Å². The van der Waals surface area contributed by atoms with Crippen molar-refractivity contribution >= 4 is 15.9 Å². The maximum Gasteiger partial charge on any atom is 0.272 e. The molecule has 4 rings (SSSR count). The van der Waals surface area contributed by atoms with Crippen LogP contribution in [0.2, 0.25) is 0 Å². The molecule has 0 bridgehead atoms. The van der Waals surface area contributed by atoms with Crippen LogP contribution in [-0.2, 0) is 22.9 Å². The monoisotopic (exact) mass is 402 g/mol. The number of hydrogen-bond acceptors (Lipinski definition) is 4. The van der Waals surface area contributed by atoms with Crippen LogP contribution in [0.3, 0.4) is 0 Å². The van der Waals surface area contributed by atoms with Crippen molar-refractivity contribution in [1.29, 1.82) is 0 Å². The first-order valence-electron chi connectivity index (χ1n) is 9.94. The highest BCUT2D eigenvalue weighted by atomic mass is 32.2. The molecule has 2 aliphatic rings. The van der Waals surface area contributed by atoms with Gasteiger partial charge in [0.1, 0.15) is 0 Å². The summed E-state index contributed by atoms with van der Waals surface area (Å²) >= 11 is 0. The van der Waals surface area contributed by atoms with Crippen LogP contribution in [0.5, 0.6) is 0 Å². The quantitative estimate of drug-likeness (QED) is 0.828. The van der Waals surface area contributed by atoms with Crippen molar-refractivity contribution in [2.75, 3.05) is 18.8 Å². The second-order valence-electron chi connectivity index (χ2n) is 7.42. The number of carbonyl (C=O) groups excluding carboxylic acids is 1.